The maximum atomic E-state index is 12.4. The molecule has 0 unspecified atom stereocenters. The molecule has 0 bridgehead atoms. The van der Waals surface area contributed by atoms with E-state index in [0.29, 0.717) is 16.2 Å². The van der Waals surface area contributed by atoms with E-state index < -0.39 is 11.9 Å². The van der Waals surface area contributed by atoms with Crippen LogP contribution >= 0.6 is 11.3 Å². The Kier molecular flexibility index (Phi) is 7.17. The smallest absolute Gasteiger partial charge is 0.341 e. The summed E-state index contributed by atoms with van der Waals surface area (Å²) in [5.74, 6) is -0.693. The highest BCUT2D eigenvalue weighted by molar-refractivity contribution is 7.18. The second kappa shape index (κ2) is 9.36. The monoisotopic (exact) mass is 404 g/mol. The topological polar surface area (TPSA) is 84.9 Å². The molecule has 0 saturated heterocycles. The van der Waals surface area contributed by atoms with Gasteiger partial charge in [-0.15, -0.1) is 11.3 Å². The zero-order valence-electron chi connectivity index (χ0n) is 16.6. The number of carbonyl (C=O) groups excluding carboxylic acids is 3. The molecule has 0 fully saturated rings. The van der Waals surface area contributed by atoms with Crippen LogP contribution in [0.15, 0.2) is 24.3 Å². The van der Waals surface area contributed by atoms with Gasteiger partial charge in [-0.1, -0.05) is 17.7 Å². The van der Waals surface area contributed by atoms with E-state index in [-0.39, 0.29) is 29.7 Å². The molecule has 1 aromatic heterocycles. The number of nitrogens with zero attached hydrogens (tertiary/aromatic N) is 1. The molecule has 8 heteroatoms. The molecule has 1 aromatic carbocycles. The van der Waals surface area contributed by atoms with Crippen LogP contribution in [0.3, 0.4) is 0 Å². The predicted octanol–water partition coefficient (Wildman–Crippen LogP) is 3.26. The zero-order valence-corrected chi connectivity index (χ0v) is 17.4. The fraction of sp³-hybridized carbons (Fsp3) is 0.350. The Morgan fingerprint density at radius 3 is 2.32 bits per heavy atom. The van der Waals surface area contributed by atoms with Crippen LogP contribution in [-0.4, -0.2) is 50.0 Å². The summed E-state index contributed by atoms with van der Waals surface area (Å²) in [4.78, 5) is 38.9. The normalized spacial score (nSPS) is 10.3. The summed E-state index contributed by atoms with van der Waals surface area (Å²) in [5, 5.41) is 2.95. The Hall–Kier alpha value is -2.87. The molecule has 7 nitrogen and oxygen atoms in total. The fourth-order valence-electron chi connectivity index (χ4n) is 2.40. The fourth-order valence-corrected chi connectivity index (χ4v) is 3.64. The average Bonchev–Trinajstić information content (AvgIpc) is 2.96. The van der Waals surface area contributed by atoms with E-state index in [1.807, 2.05) is 19.1 Å². The van der Waals surface area contributed by atoms with Crippen molar-refractivity contribution in [2.24, 2.45) is 0 Å². The van der Waals surface area contributed by atoms with Crippen molar-refractivity contribution in [1.82, 2.24) is 4.90 Å². The summed E-state index contributed by atoms with van der Waals surface area (Å²) in [5.41, 5.74) is 1.76. The van der Waals surface area contributed by atoms with Crippen LogP contribution in [0.4, 0.5) is 5.00 Å². The number of esters is 1. The minimum absolute atomic E-state index is 0.189. The lowest BCUT2D eigenvalue weighted by Crippen LogP contribution is -2.21. The number of ether oxygens (including phenoxy) is 2. The standard InChI is InChI=1S/C20H24N2O5S/c1-6-26-20(25)16-13(3)17(19(24)22(4)5)28-18(16)21-15(23)11-27-14-9-7-12(2)8-10-14/h7-10H,6,11H2,1-5H3,(H,21,23). The number of amides is 2. The van der Waals surface area contributed by atoms with Crippen LogP contribution in [0.2, 0.25) is 0 Å². The second-order valence-electron chi connectivity index (χ2n) is 6.33. The van der Waals surface area contributed by atoms with Crippen LogP contribution in [0.5, 0.6) is 5.75 Å². The van der Waals surface area contributed by atoms with Crippen LogP contribution < -0.4 is 10.1 Å². The minimum Gasteiger partial charge on any atom is -0.484 e. The average molecular weight is 404 g/mol. The number of carbonyl (C=O) groups is 3. The first-order valence-electron chi connectivity index (χ1n) is 8.76. The van der Waals surface area contributed by atoms with E-state index in [0.717, 1.165) is 16.9 Å². The Morgan fingerprint density at radius 1 is 1.11 bits per heavy atom. The number of thiophene rings is 1. The van der Waals surface area contributed by atoms with E-state index in [4.69, 9.17) is 9.47 Å². The lowest BCUT2D eigenvalue weighted by Gasteiger charge is -2.09. The van der Waals surface area contributed by atoms with Crippen molar-refractivity contribution in [3.05, 3.63) is 45.8 Å². The maximum Gasteiger partial charge on any atom is 0.341 e. The molecule has 0 atom stereocenters. The third-order valence-corrected chi connectivity index (χ3v) is 5.07. The van der Waals surface area contributed by atoms with Gasteiger partial charge in [0.2, 0.25) is 0 Å². The number of benzene rings is 1. The number of nitrogens with one attached hydrogen (secondary N) is 1. The molecule has 0 aliphatic heterocycles. The molecule has 150 valence electrons. The van der Waals surface area contributed by atoms with Crippen molar-refractivity contribution in [3.8, 4) is 5.75 Å². The SMILES string of the molecule is CCOC(=O)c1c(NC(=O)COc2ccc(C)cc2)sc(C(=O)N(C)C)c1C. The van der Waals surface area contributed by atoms with Gasteiger partial charge in [-0.05, 0) is 38.5 Å². The quantitative estimate of drug-likeness (QED) is 0.716. The number of hydrogen-bond donors (Lipinski definition) is 1. The molecule has 2 rings (SSSR count). The second-order valence-corrected chi connectivity index (χ2v) is 7.35. The third-order valence-electron chi connectivity index (χ3n) is 3.87. The first kappa shape index (κ1) is 21.4. The van der Waals surface area contributed by atoms with Gasteiger partial charge in [-0.25, -0.2) is 4.79 Å². The van der Waals surface area contributed by atoms with E-state index in [2.05, 4.69) is 5.32 Å². The van der Waals surface area contributed by atoms with Crippen LogP contribution in [-0.2, 0) is 9.53 Å². The Balaban J connectivity index is 2.21. The number of hydrogen-bond acceptors (Lipinski definition) is 6. The van der Waals surface area contributed by atoms with Crippen molar-refractivity contribution in [2.45, 2.75) is 20.8 Å². The zero-order chi connectivity index (χ0) is 20.8. The molecule has 0 spiro atoms. The van der Waals surface area contributed by atoms with Gasteiger partial charge in [0, 0.05) is 14.1 Å². The molecule has 0 aliphatic carbocycles. The third kappa shape index (κ3) is 5.10. The molecule has 28 heavy (non-hydrogen) atoms. The van der Waals surface area contributed by atoms with E-state index in [1.165, 1.54) is 4.90 Å². The lowest BCUT2D eigenvalue weighted by molar-refractivity contribution is -0.118. The highest BCUT2D eigenvalue weighted by Gasteiger charge is 2.27. The molecule has 0 saturated carbocycles. The van der Waals surface area contributed by atoms with Crippen LogP contribution in [0.1, 0.15) is 38.1 Å². The van der Waals surface area contributed by atoms with Crippen molar-refractivity contribution < 1.29 is 23.9 Å². The molecule has 0 aliphatic rings. The molecular weight excluding hydrogens is 380 g/mol. The van der Waals surface area contributed by atoms with Crippen molar-refractivity contribution in [2.75, 3.05) is 32.6 Å². The van der Waals surface area contributed by atoms with Crippen molar-refractivity contribution in [1.29, 1.82) is 0 Å². The van der Waals surface area contributed by atoms with Crippen molar-refractivity contribution >= 4 is 34.1 Å². The number of aryl methyl sites for hydroxylation is 1. The minimum atomic E-state index is -0.580. The van der Waals surface area contributed by atoms with Gasteiger partial charge in [0.25, 0.3) is 11.8 Å². The molecule has 1 heterocycles. The summed E-state index contributed by atoms with van der Waals surface area (Å²) < 4.78 is 10.6. The Bertz CT molecular complexity index is 871. The van der Waals surface area contributed by atoms with Crippen molar-refractivity contribution in [3.63, 3.8) is 0 Å². The number of anilines is 1. The largest absolute Gasteiger partial charge is 0.484 e. The van der Waals surface area contributed by atoms with E-state index >= 15 is 0 Å². The van der Waals surface area contributed by atoms with Gasteiger partial charge >= 0.3 is 5.97 Å². The molecular formula is C20H24N2O5S. The summed E-state index contributed by atoms with van der Waals surface area (Å²) in [7, 11) is 3.25. The van der Waals surface area contributed by atoms with Gasteiger partial charge in [0.1, 0.15) is 10.8 Å². The van der Waals surface area contributed by atoms with Crippen LogP contribution in [0, 0.1) is 13.8 Å². The van der Waals surface area contributed by atoms with Gasteiger partial charge in [0.05, 0.1) is 17.0 Å². The summed E-state index contributed by atoms with van der Waals surface area (Å²) in [6, 6.07) is 7.31. The maximum absolute atomic E-state index is 12.4. The van der Waals surface area contributed by atoms with Gasteiger partial charge in [-0.3, -0.25) is 9.59 Å². The number of rotatable bonds is 7. The molecule has 0 radical (unpaired) electrons. The van der Waals surface area contributed by atoms with Crippen LogP contribution in [0.25, 0.3) is 0 Å². The molecule has 2 aromatic rings. The predicted molar refractivity (Wildman–Crippen MR) is 108 cm³/mol. The van der Waals surface area contributed by atoms with E-state index in [9.17, 15) is 14.4 Å². The summed E-state index contributed by atoms with van der Waals surface area (Å²) in [6.45, 7) is 5.28. The van der Waals surface area contributed by atoms with Gasteiger partial charge in [0.15, 0.2) is 6.61 Å². The Morgan fingerprint density at radius 2 is 1.75 bits per heavy atom. The highest BCUT2D eigenvalue weighted by Crippen LogP contribution is 2.34. The van der Waals surface area contributed by atoms with E-state index in [1.54, 1.807) is 40.1 Å². The Labute approximate surface area is 168 Å². The first-order valence-corrected chi connectivity index (χ1v) is 9.57. The first-order chi connectivity index (χ1) is 13.2. The highest BCUT2D eigenvalue weighted by atomic mass is 32.1. The summed E-state index contributed by atoms with van der Waals surface area (Å²) >= 11 is 1.05. The van der Waals surface area contributed by atoms with Gasteiger partial charge in [-0.2, -0.15) is 0 Å². The molecule has 1 N–H and O–H groups in total. The lowest BCUT2D eigenvalue weighted by atomic mass is 10.1. The molecule has 2 amide bonds. The summed E-state index contributed by atoms with van der Waals surface area (Å²) in [6.07, 6.45) is 0. The van der Waals surface area contributed by atoms with Gasteiger partial charge < -0.3 is 19.7 Å².